The Bertz CT molecular complexity index is 749. The molecule has 2 aliphatic rings. The predicted molar refractivity (Wildman–Crippen MR) is 132 cm³/mol. The second-order valence-corrected chi connectivity index (χ2v) is 10.5. The van der Waals surface area contributed by atoms with Gasteiger partial charge in [-0.25, -0.2) is 0 Å². The summed E-state index contributed by atoms with van der Waals surface area (Å²) in [7, 11) is 0. The van der Waals surface area contributed by atoms with Gasteiger partial charge in [-0.3, -0.25) is 0 Å². The third-order valence-corrected chi connectivity index (χ3v) is 8.61. The summed E-state index contributed by atoms with van der Waals surface area (Å²) in [5.41, 5.74) is 1.98. The predicted octanol–water partition coefficient (Wildman–Crippen LogP) is 6.69. The Labute approximate surface area is 214 Å². The van der Waals surface area contributed by atoms with Crippen LogP contribution in [0.2, 0.25) is 0 Å². The van der Waals surface area contributed by atoms with Crippen molar-refractivity contribution in [3.05, 3.63) is 54.7 Å². The van der Waals surface area contributed by atoms with E-state index in [2.05, 4.69) is 38.7 Å². The van der Waals surface area contributed by atoms with Gasteiger partial charge in [-0.05, 0) is 67.0 Å². The fourth-order valence-corrected chi connectivity index (χ4v) is 5.83. The van der Waals surface area contributed by atoms with E-state index in [1.807, 2.05) is 42.5 Å². The Morgan fingerprint density at radius 3 is 1.94 bits per heavy atom. The van der Waals surface area contributed by atoms with Gasteiger partial charge in [-0.2, -0.15) is 0 Å². The van der Waals surface area contributed by atoms with Crippen molar-refractivity contribution in [2.75, 3.05) is 0 Å². The van der Waals surface area contributed by atoms with E-state index in [9.17, 15) is 10.2 Å². The smallest absolute Gasteiger partial charge is 0.0649 e. The van der Waals surface area contributed by atoms with Crippen LogP contribution in [-0.2, 0) is 20.1 Å². The van der Waals surface area contributed by atoms with Crippen molar-refractivity contribution in [3.63, 3.8) is 0 Å². The zero-order valence-corrected chi connectivity index (χ0v) is 23.2. The maximum absolute atomic E-state index is 11.1. The molecule has 1 heterocycles. The van der Waals surface area contributed by atoms with Crippen LogP contribution in [0.25, 0.3) is 11.3 Å². The molecule has 4 unspecified atom stereocenters. The average molecular weight is 629 g/mol. The topological polar surface area (TPSA) is 53.4 Å². The number of aromatic nitrogens is 1. The Kier molecular flexibility index (Phi) is 10.7. The van der Waals surface area contributed by atoms with Gasteiger partial charge in [-0.15, -0.1) is 35.9 Å². The molecule has 2 aliphatic carbocycles. The summed E-state index contributed by atoms with van der Waals surface area (Å²) < 4.78 is 0. The third kappa shape index (κ3) is 6.54. The van der Waals surface area contributed by atoms with Gasteiger partial charge in [-0.1, -0.05) is 52.7 Å². The second-order valence-electron chi connectivity index (χ2n) is 10.5. The molecule has 3 nitrogen and oxygen atoms in total. The van der Waals surface area contributed by atoms with E-state index in [4.69, 9.17) is 0 Å². The number of aliphatic hydroxyl groups is 2. The van der Waals surface area contributed by atoms with Crippen LogP contribution in [0.4, 0.5) is 0 Å². The molecule has 6 atom stereocenters. The van der Waals surface area contributed by atoms with Gasteiger partial charge in [0.25, 0.3) is 0 Å². The fraction of sp³-hybridized carbons (Fsp3) is 0.621. The molecule has 2 aromatic rings. The normalized spacial score (nSPS) is 33.9. The number of hydrogen-bond acceptors (Lipinski definition) is 3. The van der Waals surface area contributed by atoms with Crippen molar-refractivity contribution in [2.45, 2.75) is 91.3 Å². The number of aliphatic hydroxyl groups excluding tert-OH is 2. The molecule has 2 fully saturated rings. The number of hydrogen-bond donors (Lipinski definition) is 2. The first-order valence-corrected chi connectivity index (χ1v) is 12.6. The maximum atomic E-state index is 11.1. The van der Waals surface area contributed by atoms with E-state index in [-0.39, 0.29) is 49.1 Å². The first kappa shape index (κ1) is 28.2. The Balaban J connectivity index is 0.000000253. The van der Waals surface area contributed by atoms with E-state index in [1.165, 1.54) is 25.7 Å². The number of pyridine rings is 1. The minimum atomic E-state index is -0.348. The van der Waals surface area contributed by atoms with Crippen LogP contribution in [0, 0.1) is 28.7 Å². The molecule has 0 saturated heterocycles. The first-order chi connectivity index (χ1) is 15.3. The summed E-state index contributed by atoms with van der Waals surface area (Å²) in [4.78, 5) is 4.22. The Hall–Kier alpha value is -1.06. The van der Waals surface area contributed by atoms with Gasteiger partial charge >= 0.3 is 0 Å². The number of rotatable bonds is 3. The third-order valence-electron chi connectivity index (χ3n) is 8.61. The molecule has 0 bridgehead atoms. The molecule has 4 heteroatoms. The van der Waals surface area contributed by atoms with Crippen LogP contribution < -0.4 is 0 Å². The number of benzene rings is 1. The van der Waals surface area contributed by atoms with Crippen LogP contribution in [0.3, 0.4) is 0 Å². The van der Waals surface area contributed by atoms with Crippen molar-refractivity contribution in [1.82, 2.24) is 4.98 Å². The van der Waals surface area contributed by atoms with Crippen LogP contribution in [-0.4, -0.2) is 27.4 Å². The van der Waals surface area contributed by atoms with Crippen molar-refractivity contribution in [1.29, 1.82) is 0 Å². The fourth-order valence-electron chi connectivity index (χ4n) is 5.83. The largest absolute Gasteiger partial charge is 0.392 e. The molecular weight excluding hydrogens is 587 g/mol. The SMILES string of the molecule is CC[C@@]1(C)CCCC2CCC[C@@](C)(CC)C(O)C2C1O.[Ir].[c-]1ccccc1-c1ccccn1. The molecule has 1 aromatic carbocycles. The summed E-state index contributed by atoms with van der Waals surface area (Å²) >= 11 is 0. The molecule has 185 valence electrons. The van der Waals surface area contributed by atoms with Gasteiger partial charge in [0.1, 0.15) is 0 Å². The van der Waals surface area contributed by atoms with Gasteiger partial charge < -0.3 is 15.2 Å². The van der Waals surface area contributed by atoms with E-state index in [0.29, 0.717) is 5.92 Å². The van der Waals surface area contributed by atoms with Crippen LogP contribution in [0.15, 0.2) is 48.7 Å². The van der Waals surface area contributed by atoms with Crippen molar-refractivity contribution in [2.24, 2.45) is 22.7 Å². The van der Waals surface area contributed by atoms with E-state index in [0.717, 1.165) is 36.9 Å². The summed E-state index contributed by atoms with van der Waals surface area (Å²) in [6.07, 6.45) is 10.1. The monoisotopic (exact) mass is 629 g/mol. The van der Waals surface area contributed by atoms with E-state index >= 15 is 0 Å². The average Bonchev–Trinajstić information content (AvgIpc) is 3.04. The quantitative estimate of drug-likeness (QED) is 0.373. The van der Waals surface area contributed by atoms with Crippen LogP contribution in [0.5, 0.6) is 0 Å². The molecule has 1 aromatic heterocycles. The summed E-state index contributed by atoms with van der Waals surface area (Å²) in [6, 6.07) is 16.8. The van der Waals surface area contributed by atoms with E-state index in [1.54, 1.807) is 6.20 Å². The van der Waals surface area contributed by atoms with Crippen molar-refractivity contribution >= 4 is 0 Å². The number of fused-ring (bicyclic) bond motifs is 1. The van der Waals surface area contributed by atoms with Gasteiger partial charge in [0, 0.05) is 32.2 Å². The van der Waals surface area contributed by atoms with Crippen LogP contribution in [0.1, 0.15) is 79.1 Å². The molecular formula is C29H42IrNO2-. The molecule has 0 amide bonds. The first-order valence-electron chi connectivity index (χ1n) is 12.6. The Morgan fingerprint density at radius 2 is 1.48 bits per heavy atom. The minimum absolute atomic E-state index is 0. The van der Waals surface area contributed by atoms with Gasteiger partial charge in [0.15, 0.2) is 0 Å². The summed E-state index contributed by atoms with van der Waals surface area (Å²) in [5.74, 6) is 0.594. The zero-order valence-electron chi connectivity index (χ0n) is 20.8. The molecule has 0 aliphatic heterocycles. The molecule has 33 heavy (non-hydrogen) atoms. The van der Waals surface area contributed by atoms with Gasteiger partial charge in [0.2, 0.25) is 0 Å². The molecule has 0 spiro atoms. The van der Waals surface area contributed by atoms with Crippen LogP contribution >= 0.6 is 0 Å². The number of nitrogens with zero attached hydrogens (tertiary/aromatic N) is 1. The molecule has 4 rings (SSSR count). The standard InChI is InChI=1S/C18H34O2.C11H8N.Ir/c1-5-17(3)11-7-9-13-10-8-12-18(4,6-2)16(20)14(13)15(17)19;1-2-6-10(7-3-1)11-8-4-5-9-12-11;/h13-16,19-20H,5-12H2,1-4H3;1-6,8-9H;/q;-1;/t13?,14?,15?,16?,17-,18+;;. The van der Waals surface area contributed by atoms with Crippen molar-refractivity contribution < 1.29 is 30.3 Å². The molecule has 2 N–H and O–H groups in total. The molecule has 2 saturated carbocycles. The minimum Gasteiger partial charge on any atom is -0.392 e. The molecule has 1 radical (unpaired) electrons. The summed E-state index contributed by atoms with van der Waals surface area (Å²) in [5, 5.41) is 22.1. The Morgan fingerprint density at radius 1 is 0.909 bits per heavy atom. The van der Waals surface area contributed by atoms with Gasteiger partial charge in [0.05, 0.1) is 12.2 Å². The second kappa shape index (κ2) is 12.6. The summed E-state index contributed by atoms with van der Waals surface area (Å²) in [6.45, 7) is 8.82. The van der Waals surface area contributed by atoms with E-state index < -0.39 is 0 Å². The maximum Gasteiger partial charge on any atom is 0.0649 e. The van der Waals surface area contributed by atoms with Crippen molar-refractivity contribution in [3.8, 4) is 11.3 Å². The zero-order chi connectivity index (χ0) is 23.2.